The van der Waals surface area contributed by atoms with Crippen LogP contribution in [0.15, 0.2) is 18.5 Å². The molecule has 90 valence electrons. The van der Waals surface area contributed by atoms with Crippen LogP contribution in [0.5, 0.6) is 0 Å². The van der Waals surface area contributed by atoms with E-state index < -0.39 is 0 Å². The number of nitrogens with zero attached hydrogens (tertiary/aromatic N) is 1. The molecule has 0 fully saturated rings. The number of likely N-dealkylation sites (N-methyl/N-ethyl adjacent to an activating group) is 1. The van der Waals surface area contributed by atoms with Gasteiger partial charge in [0.2, 0.25) is 5.91 Å². The molecule has 2 N–H and O–H groups in total. The van der Waals surface area contributed by atoms with Gasteiger partial charge in [0.15, 0.2) is 0 Å². The Morgan fingerprint density at radius 1 is 1.44 bits per heavy atom. The van der Waals surface area contributed by atoms with E-state index >= 15 is 0 Å². The quantitative estimate of drug-likeness (QED) is 0.763. The third-order valence-corrected chi connectivity index (χ3v) is 2.48. The van der Waals surface area contributed by atoms with E-state index in [1.54, 1.807) is 0 Å². The number of hydrogen-bond acceptors (Lipinski definition) is 2. The van der Waals surface area contributed by atoms with Crippen molar-refractivity contribution in [2.75, 3.05) is 13.1 Å². The van der Waals surface area contributed by atoms with Crippen molar-refractivity contribution >= 4 is 5.91 Å². The second kappa shape index (κ2) is 6.33. The largest absolute Gasteiger partial charge is 0.355 e. The fraction of sp³-hybridized carbons (Fsp3) is 0.583. The van der Waals surface area contributed by atoms with E-state index in [-0.39, 0.29) is 5.91 Å². The Balaban J connectivity index is 2.54. The van der Waals surface area contributed by atoms with Gasteiger partial charge in [0.05, 0.1) is 0 Å². The van der Waals surface area contributed by atoms with Gasteiger partial charge in [-0.2, -0.15) is 0 Å². The summed E-state index contributed by atoms with van der Waals surface area (Å²) in [5, 5.41) is 6.12. The van der Waals surface area contributed by atoms with Crippen molar-refractivity contribution < 1.29 is 4.79 Å². The van der Waals surface area contributed by atoms with Crippen molar-refractivity contribution in [2.45, 2.75) is 33.4 Å². The molecule has 1 aromatic heterocycles. The molecule has 16 heavy (non-hydrogen) atoms. The second-order valence-electron chi connectivity index (χ2n) is 3.85. The first-order valence-corrected chi connectivity index (χ1v) is 5.83. The number of amides is 1. The van der Waals surface area contributed by atoms with Gasteiger partial charge < -0.3 is 15.2 Å². The van der Waals surface area contributed by atoms with Crippen LogP contribution in [0.25, 0.3) is 0 Å². The Bertz CT molecular complexity index is 333. The molecule has 0 aliphatic heterocycles. The predicted octanol–water partition coefficient (Wildman–Crippen LogP) is 1.29. The molecule has 4 heteroatoms. The lowest BCUT2D eigenvalue weighted by Gasteiger charge is -2.09. The molecule has 0 aromatic carbocycles. The highest BCUT2D eigenvalue weighted by Crippen LogP contribution is 2.12. The smallest absolute Gasteiger partial charge is 0.239 e. The zero-order valence-corrected chi connectivity index (χ0v) is 10.3. The Morgan fingerprint density at radius 3 is 2.81 bits per heavy atom. The lowest BCUT2D eigenvalue weighted by molar-refractivity contribution is -0.121. The van der Waals surface area contributed by atoms with Gasteiger partial charge in [0.1, 0.15) is 6.54 Å². The number of nitrogens with one attached hydrogen (secondary N) is 2. The van der Waals surface area contributed by atoms with Crippen molar-refractivity contribution in [1.29, 1.82) is 0 Å². The summed E-state index contributed by atoms with van der Waals surface area (Å²) in [6, 6.07) is 2.38. The minimum Gasteiger partial charge on any atom is -0.355 e. The first-order valence-electron chi connectivity index (χ1n) is 5.83. The minimum absolute atomic E-state index is 0.0563. The lowest BCUT2D eigenvalue weighted by atomic mass is 10.2. The minimum atomic E-state index is 0.0563. The van der Waals surface area contributed by atoms with E-state index in [2.05, 4.69) is 24.5 Å². The van der Waals surface area contributed by atoms with Gasteiger partial charge in [-0.25, -0.2) is 0 Å². The van der Waals surface area contributed by atoms with Gasteiger partial charge >= 0.3 is 0 Å². The Kier molecular flexibility index (Phi) is 5.05. The number of rotatable bonds is 6. The molecule has 0 spiro atoms. The van der Waals surface area contributed by atoms with Crippen molar-refractivity contribution in [2.24, 2.45) is 0 Å². The van der Waals surface area contributed by atoms with E-state index in [0.717, 1.165) is 6.54 Å². The van der Waals surface area contributed by atoms with Crippen LogP contribution in [0.1, 0.15) is 32.4 Å². The van der Waals surface area contributed by atoms with Crippen LogP contribution in [-0.2, 0) is 11.3 Å². The molecule has 0 radical (unpaired) electrons. The van der Waals surface area contributed by atoms with Gasteiger partial charge in [-0.1, -0.05) is 6.92 Å². The van der Waals surface area contributed by atoms with Crippen molar-refractivity contribution in [1.82, 2.24) is 15.2 Å². The molecule has 1 unspecified atom stereocenters. The van der Waals surface area contributed by atoms with E-state index in [1.165, 1.54) is 5.56 Å². The topological polar surface area (TPSA) is 46.1 Å². The van der Waals surface area contributed by atoms with E-state index in [9.17, 15) is 4.79 Å². The Hall–Kier alpha value is -1.29. The first-order chi connectivity index (χ1) is 7.67. The van der Waals surface area contributed by atoms with Crippen LogP contribution in [0.2, 0.25) is 0 Å². The molecule has 0 bridgehead atoms. The van der Waals surface area contributed by atoms with Crippen LogP contribution in [0.4, 0.5) is 0 Å². The van der Waals surface area contributed by atoms with Crippen LogP contribution >= 0.6 is 0 Å². The zero-order valence-electron chi connectivity index (χ0n) is 10.3. The number of hydrogen-bond donors (Lipinski definition) is 2. The van der Waals surface area contributed by atoms with Crippen LogP contribution in [0, 0.1) is 0 Å². The summed E-state index contributed by atoms with van der Waals surface area (Å²) in [6.45, 7) is 8.15. The number of carbonyl (C=O) groups is 1. The zero-order chi connectivity index (χ0) is 12.0. The third-order valence-electron chi connectivity index (χ3n) is 2.48. The highest BCUT2D eigenvalue weighted by atomic mass is 16.1. The molecule has 1 heterocycles. The molecule has 1 aromatic rings. The second-order valence-corrected chi connectivity index (χ2v) is 3.85. The summed E-state index contributed by atoms with van der Waals surface area (Å²) in [6.07, 6.45) is 3.96. The standard InChI is InChI=1S/C12H21N3O/c1-4-13-10(3)11-6-7-15(8-11)9-12(16)14-5-2/h6-8,10,13H,4-5,9H2,1-3H3,(H,14,16). The van der Waals surface area contributed by atoms with Crippen LogP contribution < -0.4 is 10.6 Å². The molecule has 0 saturated heterocycles. The van der Waals surface area contributed by atoms with Crippen LogP contribution in [-0.4, -0.2) is 23.6 Å². The van der Waals surface area contributed by atoms with Crippen molar-refractivity contribution in [3.63, 3.8) is 0 Å². The molecule has 4 nitrogen and oxygen atoms in total. The third kappa shape index (κ3) is 3.70. The fourth-order valence-corrected chi connectivity index (χ4v) is 1.66. The maximum Gasteiger partial charge on any atom is 0.239 e. The first kappa shape index (κ1) is 12.8. The molecule has 1 rings (SSSR count). The highest BCUT2D eigenvalue weighted by Gasteiger charge is 2.06. The Labute approximate surface area is 97.0 Å². The lowest BCUT2D eigenvalue weighted by Crippen LogP contribution is -2.26. The SMILES string of the molecule is CCNC(=O)Cn1ccc(C(C)NCC)c1. The average molecular weight is 223 g/mol. The molecule has 1 amide bonds. The van der Waals surface area contributed by atoms with Gasteiger partial charge in [-0.15, -0.1) is 0 Å². The number of carbonyl (C=O) groups excluding carboxylic acids is 1. The van der Waals surface area contributed by atoms with Crippen molar-refractivity contribution in [3.05, 3.63) is 24.0 Å². The summed E-state index contributed by atoms with van der Waals surface area (Å²) in [5.74, 6) is 0.0563. The fourth-order valence-electron chi connectivity index (χ4n) is 1.66. The predicted molar refractivity (Wildman–Crippen MR) is 65.2 cm³/mol. The average Bonchev–Trinajstić information content (AvgIpc) is 2.67. The molecule has 0 aliphatic carbocycles. The molecular weight excluding hydrogens is 202 g/mol. The monoisotopic (exact) mass is 223 g/mol. The van der Waals surface area contributed by atoms with Gasteiger partial charge in [-0.3, -0.25) is 4.79 Å². The maximum atomic E-state index is 11.4. The molecule has 1 atom stereocenters. The highest BCUT2D eigenvalue weighted by molar-refractivity contribution is 5.75. The van der Waals surface area contributed by atoms with Gasteiger partial charge in [-0.05, 0) is 32.0 Å². The molecule has 0 saturated carbocycles. The van der Waals surface area contributed by atoms with E-state index in [0.29, 0.717) is 19.1 Å². The summed E-state index contributed by atoms with van der Waals surface area (Å²) < 4.78 is 1.91. The van der Waals surface area contributed by atoms with E-state index in [4.69, 9.17) is 0 Å². The summed E-state index contributed by atoms with van der Waals surface area (Å²) in [5.41, 5.74) is 1.21. The molecule has 0 aliphatic rings. The summed E-state index contributed by atoms with van der Waals surface area (Å²) in [7, 11) is 0. The summed E-state index contributed by atoms with van der Waals surface area (Å²) >= 11 is 0. The van der Waals surface area contributed by atoms with Gasteiger partial charge in [0, 0.05) is 25.0 Å². The Morgan fingerprint density at radius 2 is 2.19 bits per heavy atom. The van der Waals surface area contributed by atoms with Crippen LogP contribution in [0.3, 0.4) is 0 Å². The summed E-state index contributed by atoms with van der Waals surface area (Å²) in [4.78, 5) is 11.4. The van der Waals surface area contributed by atoms with Gasteiger partial charge in [0.25, 0.3) is 0 Å². The van der Waals surface area contributed by atoms with Crippen molar-refractivity contribution in [3.8, 4) is 0 Å². The number of aromatic nitrogens is 1. The molecular formula is C12H21N3O. The normalized spacial score (nSPS) is 12.4. The van der Waals surface area contributed by atoms with E-state index in [1.807, 2.05) is 30.0 Å². The maximum absolute atomic E-state index is 11.4.